The molecule has 0 bridgehead atoms. The zero-order chi connectivity index (χ0) is 15.5. The second-order valence-corrected chi connectivity index (χ2v) is 6.79. The Balaban J connectivity index is 2.45. The molecule has 0 unspecified atom stereocenters. The van der Waals surface area contributed by atoms with Crippen molar-refractivity contribution in [2.45, 2.75) is 11.8 Å². The summed E-state index contributed by atoms with van der Waals surface area (Å²) < 4.78 is 15.1. The highest BCUT2D eigenvalue weighted by atomic mass is 79.9. The number of hydrogen-bond donors (Lipinski definition) is 2. The van der Waals surface area contributed by atoms with Crippen molar-refractivity contribution in [2.75, 3.05) is 13.2 Å². The van der Waals surface area contributed by atoms with E-state index in [0.29, 0.717) is 12.0 Å². The zero-order valence-corrected chi connectivity index (χ0v) is 14.4. The molecule has 2 N–H and O–H groups in total. The molecule has 112 valence electrons. The Morgan fingerprint density at radius 3 is 2.33 bits per heavy atom. The van der Waals surface area contributed by atoms with Crippen LogP contribution in [-0.2, 0) is 11.8 Å². The lowest BCUT2D eigenvalue weighted by atomic mass is 9.77. The average Bonchev–Trinajstić information content (AvgIpc) is 2.48. The Morgan fingerprint density at radius 1 is 1.00 bits per heavy atom. The highest BCUT2D eigenvalue weighted by Gasteiger charge is 2.32. The molecule has 2 aromatic rings. The first kappa shape index (κ1) is 16.6. The standard InChI is InChI=1S/C16H15Br2FO2/c17-13-3-1-2-12(7-13)16(9-20,10-21)8-11-6-14(19)4-5-15(11)18/h1-7,20-21H,8-10H2. The van der Waals surface area contributed by atoms with Gasteiger partial charge in [0.15, 0.2) is 0 Å². The molecule has 0 aliphatic carbocycles. The van der Waals surface area contributed by atoms with Crippen molar-refractivity contribution in [1.82, 2.24) is 0 Å². The molecule has 0 amide bonds. The van der Waals surface area contributed by atoms with Gasteiger partial charge in [-0.15, -0.1) is 0 Å². The molecule has 5 heteroatoms. The van der Waals surface area contributed by atoms with E-state index >= 15 is 0 Å². The van der Waals surface area contributed by atoms with Crippen molar-refractivity contribution >= 4 is 31.9 Å². The minimum Gasteiger partial charge on any atom is -0.395 e. The number of rotatable bonds is 5. The van der Waals surface area contributed by atoms with Crippen LogP contribution in [0, 0.1) is 5.82 Å². The van der Waals surface area contributed by atoms with Gasteiger partial charge in [-0.2, -0.15) is 0 Å². The summed E-state index contributed by atoms with van der Waals surface area (Å²) in [5, 5.41) is 19.7. The molecule has 0 fully saturated rings. The summed E-state index contributed by atoms with van der Waals surface area (Å²) in [6.45, 7) is -0.466. The van der Waals surface area contributed by atoms with E-state index in [2.05, 4.69) is 31.9 Å². The van der Waals surface area contributed by atoms with Gasteiger partial charge < -0.3 is 10.2 Å². The summed E-state index contributed by atoms with van der Waals surface area (Å²) in [6, 6.07) is 11.9. The van der Waals surface area contributed by atoms with Crippen molar-refractivity contribution in [3.63, 3.8) is 0 Å². The van der Waals surface area contributed by atoms with E-state index in [0.717, 1.165) is 14.5 Å². The lowest BCUT2D eigenvalue weighted by Crippen LogP contribution is -2.37. The predicted octanol–water partition coefficient (Wildman–Crippen LogP) is 3.82. The van der Waals surface area contributed by atoms with E-state index in [1.165, 1.54) is 12.1 Å². The summed E-state index contributed by atoms with van der Waals surface area (Å²) in [4.78, 5) is 0. The van der Waals surface area contributed by atoms with Gasteiger partial charge in [-0.1, -0.05) is 44.0 Å². The molecular formula is C16H15Br2FO2. The van der Waals surface area contributed by atoms with E-state index in [1.807, 2.05) is 24.3 Å². The number of benzene rings is 2. The molecular weight excluding hydrogens is 403 g/mol. The molecule has 0 heterocycles. The van der Waals surface area contributed by atoms with Gasteiger partial charge in [0.05, 0.1) is 13.2 Å². The molecule has 21 heavy (non-hydrogen) atoms. The van der Waals surface area contributed by atoms with Crippen molar-refractivity contribution in [3.8, 4) is 0 Å². The van der Waals surface area contributed by atoms with Gasteiger partial charge in [0.2, 0.25) is 0 Å². The van der Waals surface area contributed by atoms with Crippen LogP contribution in [0.5, 0.6) is 0 Å². The SMILES string of the molecule is OCC(CO)(Cc1cc(F)ccc1Br)c1cccc(Br)c1. The molecule has 2 nitrogen and oxygen atoms in total. The summed E-state index contributed by atoms with van der Waals surface area (Å²) in [5.74, 6) is -0.341. The van der Waals surface area contributed by atoms with Crippen LogP contribution in [-0.4, -0.2) is 23.4 Å². The first-order chi connectivity index (χ1) is 10.0. The van der Waals surface area contributed by atoms with E-state index in [1.54, 1.807) is 6.07 Å². The fourth-order valence-electron chi connectivity index (χ4n) is 2.31. The van der Waals surface area contributed by atoms with Crippen LogP contribution in [0.15, 0.2) is 51.4 Å². The minimum atomic E-state index is -0.861. The summed E-state index contributed by atoms with van der Waals surface area (Å²) in [5.41, 5.74) is 0.649. The first-order valence-electron chi connectivity index (χ1n) is 6.42. The molecule has 0 saturated carbocycles. The molecule has 0 spiro atoms. The van der Waals surface area contributed by atoms with Crippen LogP contribution in [0.4, 0.5) is 4.39 Å². The molecule has 0 aliphatic heterocycles. The third-order valence-electron chi connectivity index (χ3n) is 3.58. The lowest BCUT2D eigenvalue weighted by Gasteiger charge is -2.31. The highest BCUT2D eigenvalue weighted by molar-refractivity contribution is 9.10. The molecule has 0 saturated heterocycles. The van der Waals surface area contributed by atoms with Gasteiger partial charge in [0, 0.05) is 14.4 Å². The predicted molar refractivity (Wildman–Crippen MR) is 87.8 cm³/mol. The maximum atomic E-state index is 13.4. The van der Waals surface area contributed by atoms with E-state index in [4.69, 9.17) is 0 Å². The highest BCUT2D eigenvalue weighted by Crippen LogP contribution is 2.32. The molecule has 2 rings (SSSR count). The third-order valence-corrected chi connectivity index (χ3v) is 4.85. The summed E-state index contributed by atoms with van der Waals surface area (Å²) in [7, 11) is 0. The number of halogens is 3. The second-order valence-electron chi connectivity index (χ2n) is 5.02. The van der Waals surface area contributed by atoms with E-state index in [9.17, 15) is 14.6 Å². The maximum Gasteiger partial charge on any atom is 0.123 e. The smallest absolute Gasteiger partial charge is 0.123 e. The maximum absolute atomic E-state index is 13.4. The van der Waals surface area contributed by atoms with Crippen LogP contribution in [0.25, 0.3) is 0 Å². The van der Waals surface area contributed by atoms with Gasteiger partial charge in [-0.3, -0.25) is 0 Å². The minimum absolute atomic E-state index is 0.233. The van der Waals surface area contributed by atoms with Crippen molar-refractivity contribution in [2.24, 2.45) is 0 Å². The Morgan fingerprint density at radius 2 is 1.71 bits per heavy atom. The lowest BCUT2D eigenvalue weighted by molar-refractivity contribution is 0.116. The topological polar surface area (TPSA) is 40.5 Å². The average molecular weight is 418 g/mol. The fourth-order valence-corrected chi connectivity index (χ4v) is 3.09. The third kappa shape index (κ3) is 3.72. The summed E-state index contributed by atoms with van der Waals surface area (Å²) >= 11 is 6.78. The van der Waals surface area contributed by atoms with Crippen molar-refractivity contribution < 1.29 is 14.6 Å². The van der Waals surface area contributed by atoms with Crippen LogP contribution >= 0.6 is 31.9 Å². The second kappa shape index (κ2) is 7.01. The number of hydrogen-bond acceptors (Lipinski definition) is 2. The Bertz CT molecular complexity index is 627. The van der Waals surface area contributed by atoms with Crippen LogP contribution in [0.3, 0.4) is 0 Å². The molecule has 0 atom stereocenters. The Kier molecular flexibility index (Phi) is 5.54. The zero-order valence-electron chi connectivity index (χ0n) is 11.2. The Labute approximate surface area is 139 Å². The summed E-state index contributed by atoms with van der Waals surface area (Å²) in [6.07, 6.45) is 0.328. The van der Waals surface area contributed by atoms with Crippen LogP contribution in [0.2, 0.25) is 0 Å². The van der Waals surface area contributed by atoms with Crippen molar-refractivity contribution in [3.05, 3.63) is 68.4 Å². The van der Waals surface area contributed by atoms with Gasteiger partial charge in [0.1, 0.15) is 5.82 Å². The van der Waals surface area contributed by atoms with Gasteiger partial charge in [0.25, 0.3) is 0 Å². The Hall–Kier alpha value is -0.750. The quantitative estimate of drug-likeness (QED) is 0.776. The molecule has 0 radical (unpaired) electrons. The van der Waals surface area contributed by atoms with Gasteiger partial charge in [-0.25, -0.2) is 4.39 Å². The van der Waals surface area contributed by atoms with Gasteiger partial charge in [-0.05, 0) is 47.9 Å². The van der Waals surface area contributed by atoms with Crippen LogP contribution in [0.1, 0.15) is 11.1 Å². The van der Waals surface area contributed by atoms with E-state index in [-0.39, 0.29) is 19.0 Å². The van der Waals surface area contributed by atoms with E-state index < -0.39 is 5.41 Å². The van der Waals surface area contributed by atoms with Crippen LogP contribution < -0.4 is 0 Å². The van der Waals surface area contributed by atoms with Gasteiger partial charge >= 0.3 is 0 Å². The number of aliphatic hydroxyl groups excluding tert-OH is 2. The molecule has 0 aliphatic rings. The number of aliphatic hydroxyl groups is 2. The molecule has 2 aromatic carbocycles. The van der Waals surface area contributed by atoms with Crippen molar-refractivity contribution in [1.29, 1.82) is 0 Å². The first-order valence-corrected chi connectivity index (χ1v) is 8.01. The molecule has 0 aromatic heterocycles. The monoisotopic (exact) mass is 416 g/mol. The largest absolute Gasteiger partial charge is 0.395 e. The normalized spacial score (nSPS) is 11.7. The fraction of sp³-hybridized carbons (Fsp3) is 0.250.